The molecule has 0 bridgehead atoms. The molecule has 1 heterocycles. The molecular formula is C24H22O5. The summed E-state index contributed by atoms with van der Waals surface area (Å²) in [7, 11) is 3.17. The zero-order valence-electron chi connectivity index (χ0n) is 16.3. The van der Waals surface area contributed by atoms with Crippen LogP contribution in [0.2, 0.25) is 0 Å². The fraction of sp³-hybridized carbons (Fsp3) is 0.208. The molecule has 5 heteroatoms. The number of carbonyl (C=O) groups excluding carboxylic acids is 1. The monoisotopic (exact) mass is 390 g/mol. The summed E-state index contributed by atoms with van der Waals surface area (Å²) in [5.74, 6) is 1.72. The third-order valence-corrected chi connectivity index (χ3v) is 4.88. The van der Waals surface area contributed by atoms with Crippen molar-refractivity contribution in [3.05, 3.63) is 89.5 Å². The average molecular weight is 390 g/mol. The van der Waals surface area contributed by atoms with Gasteiger partial charge in [0.25, 0.3) is 0 Å². The van der Waals surface area contributed by atoms with Crippen molar-refractivity contribution in [2.24, 2.45) is 0 Å². The normalized spacial score (nSPS) is 17.4. The van der Waals surface area contributed by atoms with Crippen molar-refractivity contribution in [3.8, 4) is 17.2 Å². The second kappa shape index (κ2) is 8.37. The van der Waals surface area contributed by atoms with Crippen LogP contribution in [0.4, 0.5) is 0 Å². The second-order valence-corrected chi connectivity index (χ2v) is 6.73. The molecule has 1 aliphatic heterocycles. The van der Waals surface area contributed by atoms with E-state index < -0.39 is 6.10 Å². The molecule has 4 rings (SSSR count). The standard InChI is InChI=1S/C24H22O5/c1-26-20-13-12-17(14-21(20)27-2)23-24(29-23)22(25)18-10-6-7-11-19(18)28-15-16-8-4-3-5-9-16/h3-14,23-24H,15H2,1-2H3/t23-,24+/m0/s1. The highest BCUT2D eigenvalue weighted by Gasteiger charge is 2.47. The lowest BCUT2D eigenvalue weighted by Crippen LogP contribution is -2.11. The molecule has 1 aliphatic rings. The molecule has 3 aromatic carbocycles. The van der Waals surface area contributed by atoms with Gasteiger partial charge in [-0.3, -0.25) is 4.79 Å². The summed E-state index contributed by atoms with van der Waals surface area (Å²) < 4.78 is 22.2. The molecule has 1 fully saturated rings. The highest BCUT2D eigenvalue weighted by molar-refractivity contribution is 6.03. The number of epoxide rings is 1. The van der Waals surface area contributed by atoms with E-state index in [0.29, 0.717) is 29.4 Å². The van der Waals surface area contributed by atoms with Crippen molar-refractivity contribution in [3.63, 3.8) is 0 Å². The summed E-state index contributed by atoms with van der Waals surface area (Å²) in [6.45, 7) is 0.399. The summed E-state index contributed by atoms with van der Waals surface area (Å²) >= 11 is 0. The SMILES string of the molecule is COc1ccc([C@@H]2O[C@@H]2C(=O)c2ccccc2OCc2ccccc2)cc1OC. The molecule has 0 aromatic heterocycles. The Labute approximate surface area is 169 Å². The predicted molar refractivity (Wildman–Crippen MR) is 109 cm³/mol. The summed E-state index contributed by atoms with van der Waals surface area (Å²) in [5, 5.41) is 0. The molecule has 0 N–H and O–H groups in total. The lowest BCUT2D eigenvalue weighted by atomic mass is 10.0. The second-order valence-electron chi connectivity index (χ2n) is 6.73. The van der Waals surface area contributed by atoms with E-state index in [1.165, 1.54) is 0 Å². The van der Waals surface area contributed by atoms with Crippen LogP contribution in [0.25, 0.3) is 0 Å². The Morgan fingerprint density at radius 3 is 2.34 bits per heavy atom. The fourth-order valence-corrected chi connectivity index (χ4v) is 3.28. The number of Topliss-reactive ketones (excluding diaryl/α,β-unsaturated/α-hetero) is 1. The van der Waals surface area contributed by atoms with Gasteiger partial charge in [-0.1, -0.05) is 48.5 Å². The van der Waals surface area contributed by atoms with Crippen molar-refractivity contribution >= 4 is 5.78 Å². The van der Waals surface area contributed by atoms with Gasteiger partial charge in [0, 0.05) is 0 Å². The highest BCUT2D eigenvalue weighted by atomic mass is 16.6. The first-order chi connectivity index (χ1) is 14.2. The minimum atomic E-state index is -0.533. The quantitative estimate of drug-likeness (QED) is 0.415. The third-order valence-electron chi connectivity index (χ3n) is 4.88. The van der Waals surface area contributed by atoms with Gasteiger partial charge in [0.1, 0.15) is 18.5 Å². The Morgan fingerprint density at radius 2 is 1.59 bits per heavy atom. The average Bonchev–Trinajstić information content (AvgIpc) is 3.58. The van der Waals surface area contributed by atoms with E-state index in [4.69, 9.17) is 18.9 Å². The summed E-state index contributed by atoms with van der Waals surface area (Å²) in [4.78, 5) is 13.0. The minimum Gasteiger partial charge on any atom is -0.493 e. The molecule has 148 valence electrons. The van der Waals surface area contributed by atoms with Gasteiger partial charge in [-0.05, 0) is 35.4 Å². The Kier molecular flexibility index (Phi) is 5.49. The molecule has 0 aliphatic carbocycles. The number of carbonyl (C=O) groups is 1. The molecule has 3 aromatic rings. The van der Waals surface area contributed by atoms with Crippen LogP contribution in [0.5, 0.6) is 17.2 Å². The van der Waals surface area contributed by atoms with E-state index >= 15 is 0 Å². The van der Waals surface area contributed by atoms with E-state index in [9.17, 15) is 4.79 Å². The van der Waals surface area contributed by atoms with Crippen LogP contribution in [0.1, 0.15) is 27.6 Å². The Bertz CT molecular complexity index is 999. The number of rotatable bonds is 8. The van der Waals surface area contributed by atoms with Crippen LogP contribution >= 0.6 is 0 Å². The number of hydrogen-bond acceptors (Lipinski definition) is 5. The van der Waals surface area contributed by atoms with Crippen LogP contribution in [0.3, 0.4) is 0 Å². The first kappa shape index (κ1) is 19.0. The smallest absolute Gasteiger partial charge is 0.198 e. The van der Waals surface area contributed by atoms with Gasteiger partial charge in [-0.2, -0.15) is 0 Å². The first-order valence-corrected chi connectivity index (χ1v) is 9.38. The topological polar surface area (TPSA) is 57.3 Å². The molecule has 5 nitrogen and oxygen atoms in total. The number of ketones is 1. The molecule has 0 unspecified atom stereocenters. The molecule has 0 saturated carbocycles. The number of methoxy groups -OCH3 is 2. The highest BCUT2D eigenvalue weighted by Crippen LogP contribution is 2.44. The predicted octanol–water partition coefficient (Wildman–Crippen LogP) is 4.61. The van der Waals surface area contributed by atoms with Gasteiger partial charge in [0.15, 0.2) is 23.4 Å². The van der Waals surface area contributed by atoms with Crippen molar-refractivity contribution in [2.45, 2.75) is 18.8 Å². The first-order valence-electron chi connectivity index (χ1n) is 9.38. The molecular weight excluding hydrogens is 368 g/mol. The lowest BCUT2D eigenvalue weighted by molar-refractivity contribution is 0.0949. The minimum absolute atomic E-state index is 0.0894. The van der Waals surface area contributed by atoms with E-state index in [1.54, 1.807) is 20.3 Å². The number of para-hydroxylation sites is 1. The number of ether oxygens (including phenoxy) is 4. The van der Waals surface area contributed by atoms with E-state index in [2.05, 4.69) is 0 Å². The van der Waals surface area contributed by atoms with Crippen LogP contribution in [-0.2, 0) is 11.3 Å². The fourth-order valence-electron chi connectivity index (χ4n) is 3.28. The zero-order chi connectivity index (χ0) is 20.2. The Hall–Kier alpha value is -3.31. The lowest BCUT2D eigenvalue weighted by Gasteiger charge is -2.10. The van der Waals surface area contributed by atoms with E-state index in [1.807, 2.05) is 66.7 Å². The van der Waals surface area contributed by atoms with Crippen molar-refractivity contribution in [2.75, 3.05) is 14.2 Å². The van der Waals surface area contributed by atoms with Crippen LogP contribution in [0, 0.1) is 0 Å². The van der Waals surface area contributed by atoms with Gasteiger partial charge < -0.3 is 18.9 Å². The van der Waals surface area contributed by atoms with Crippen LogP contribution in [-0.4, -0.2) is 26.1 Å². The van der Waals surface area contributed by atoms with E-state index in [0.717, 1.165) is 11.1 Å². The summed E-state index contributed by atoms with van der Waals surface area (Å²) in [5.41, 5.74) is 2.45. The van der Waals surface area contributed by atoms with Crippen molar-refractivity contribution in [1.29, 1.82) is 0 Å². The molecule has 0 spiro atoms. The van der Waals surface area contributed by atoms with Gasteiger partial charge >= 0.3 is 0 Å². The molecule has 0 radical (unpaired) electrons. The van der Waals surface area contributed by atoms with Crippen molar-refractivity contribution in [1.82, 2.24) is 0 Å². The molecule has 2 atom stereocenters. The summed E-state index contributed by atoms with van der Waals surface area (Å²) in [6, 6.07) is 22.7. The maximum absolute atomic E-state index is 13.0. The summed E-state index contributed by atoms with van der Waals surface area (Å²) in [6.07, 6.45) is -0.834. The number of benzene rings is 3. The van der Waals surface area contributed by atoms with Crippen molar-refractivity contribution < 1.29 is 23.7 Å². The maximum Gasteiger partial charge on any atom is 0.198 e. The zero-order valence-corrected chi connectivity index (χ0v) is 16.3. The van der Waals surface area contributed by atoms with Crippen LogP contribution < -0.4 is 14.2 Å². The van der Waals surface area contributed by atoms with E-state index in [-0.39, 0.29) is 11.9 Å². The Morgan fingerprint density at radius 1 is 0.862 bits per heavy atom. The maximum atomic E-state index is 13.0. The van der Waals surface area contributed by atoms with Gasteiger partial charge in [-0.25, -0.2) is 0 Å². The molecule has 0 amide bonds. The largest absolute Gasteiger partial charge is 0.493 e. The number of hydrogen-bond donors (Lipinski definition) is 0. The third kappa shape index (κ3) is 4.10. The molecule has 1 saturated heterocycles. The van der Waals surface area contributed by atoms with Gasteiger partial charge in [-0.15, -0.1) is 0 Å². The van der Waals surface area contributed by atoms with Gasteiger partial charge in [0.2, 0.25) is 0 Å². The Balaban J connectivity index is 1.48. The molecule has 29 heavy (non-hydrogen) atoms. The van der Waals surface area contributed by atoms with Gasteiger partial charge in [0.05, 0.1) is 19.8 Å². The van der Waals surface area contributed by atoms with Crippen LogP contribution in [0.15, 0.2) is 72.8 Å².